The number of anilines is 1. The lowest BCUT2D eigenvalue weighted by atomic mass is 9.89. The third-order valence-corrected chi connectivity index (χ3v) is 4.11. The Kier molecular flexibility index (Phi) is 3.91. The van der Waals surface area contributed by atoms with E-state index in [1.807, 2.05) is 6.20 Å². The second kappa shape index (κ2) is 5.27. The summed E-state index contributed by atoms with van der Waals surface area (Å²) >= 11 is 0. The standard InChI is InChI=1S/C15H24N2O/c1-4-15(18)7-9-17(10-8-15)14-6-5-13(11-16-14)12(2)3/h5-6,11-12,18H,4,7-10H2,1-3H3. The first kappa shape index (κ1) is 13.3. The first-order chi connectivity index (χ1) is 8.54. The fraction of sp³-hybridized carbons (Fsp3) is 0.667. The zero-order valence-corrected chi connectivity index (χ0v) is 11.7. The highest BCUT2D eigenvalue weighted by molar-refractivity contribution is 5.40. The molecule has 0 radical (unpaired) electrons. The van der Waals surface area contributed by atoms with E-state index in [1.54, 1.807) is 0 Å². The molecule has 0 atom stereocenters. The van der Waals surface area contributed by atoms with Crippen LogP contribution in [0, 0.1) is 0 Å². The molecule has 0 unspecified atom stereocenters. The predicted octanol–water partition coefficient (Wildman–Crippen LogP) is 2.95. The van der Waals surface area contributed by atoms with Gasteiger partial charge in [-0.25, -0.2) is 4.98 Å². The second-order valence-electron chi connectivity index (χ2n) is 5.67. The third-order valence-electron chi connectivity index (χ3n) is 4.11. The molecule has 1 N–H and O–H groups in total. The summed E-state index contributed by atoms with van der Waals surface area (Å²) in [6.07, 6.45) is 4.51. The van der Waals surface area contributed by atoms with Crippen molar-refractivity contribution >= 4 is 5.82 Å². The van der Waals surface area contributed by atoms with Crippen LogP contribution in [0.1, 0.15) is 51.5 Å². The Labute approximate surface area is 110 Å². The lowest BCUT2D eigenvalue weighted by molar-refractivity contribution is 0.0125. The molecule has 1 fully saturated rings. The van der Waals surface area contributed by atoms with Gasteiger partial charge in [-0.05, 0) is 36.8 Å². The molecule has 2 heterocycles. The highest BCUT2D eigenvalue weighted by Gasteiger charge is 2.30. The van der Waals surface area contributed by atoms with E-state index in [-0.39, 0.29) is 0 Å². The van der Waals surface area contributed by atoms with Gasteiger partial charge in [0.25, 0.3) is 0 Å². The number of pyridine rings is 1. The van der Waals surface area contributed by atoms with Crippen molar-refractivity contribution in [3.8, 4) is 0 Å². The molecule has 18 heavy (non-hydrogen) atoms. The largest absolute Gasteiger partial charge is 0.390 e. The summed E-state index contributed by atoms with van der Waals surface area (Å²) in [5.41, 5.74) is 0.829. The summed E-state index contributed by atoms with van der Waals surface area (Å²) in [6.45, 7) is 8.22. The van der Waals surface area contributed by atoms with Crippen LogP contribution in [0.5, 0.6) is 0 Å². The molecule has 1 saturated heterocycles. The average Bonchev–Trinajstić information content (AvgIpc) is 2.40. The fourth-order valence-corrected chi connectivity index (χ4v) is 2.43. The molecule has 3 heteroatoms. The van der Waals surface area contributed by atoms with E-state index in [4.69, 9.17) is 0 Å². The summed E-state index contributed by atoms with van der Waals surface area (Å²) in [5, 5.41) is 10.2. The van der Waals surface area contributed by atoms with Gasteiger partial charge in [0.2, 0.25) is 0 Å². The molecule has 0 aromatic carbocycles. The SMILES string of the molecule is CCC1(O)CCN(c2ccc(C(C)C)cn2)CC1. The Hall–Kier alpha value is -1.09. The zero-order valence-electron chi connectivity index (χ0n) is 11.7. The van der Waals surface area contributed by atoms with Gasteiger partial charge >= 0.3 is 0 Å². The van der Waals surface area contributed by atoms with E-state index < -0.39 is 5.60 Å². The highest BCUT2D eigenvalue weighted by Crippen LogP contribution is 2.28. The van der Waals surface area contributed by atoms with Crippen LogP contribution in [0.2, 0.25) is 0 Å². The first-order valence-corrected chi connectivity index (χ1v) is 6.97. The maximum Gasteiger partial charge on any atom is 0.128 e. The van der Waals surface area contributed by atoms with Crippen molar-refractivity contribution in [1.82, 2.24) is 4.98 Å². The van der Waals surface area contributed by atoms with Crippen molar-refractivity contribution in [2.75, 3.05) is 18.0 Å². The van der Waals surface area contributed by atoms with E-state index in [2.05, 4.69) is 42.8 Å². The number of nitrogens with zero attached hydrogens (tertiary/aromatic N) is 2. The van der Waals surface area contributed by atoms with E-state index >= 15 is 0 Å². The van der Waals surface area contributed by atoms with Crippen molar-refractivity contribution in [1.29, 1.82) is 0 Å². The van der Waals surface area contributed by atoms with Gasteiger partial charge in [-0.15, -0.1) is 0 Å². The molecule has 0 amide bonds. The monoisotopic (exact) mass is 248 g/mol. The van der Waals surface area contributed by atoms with Crippen molar-refractivity contribution in [2.24, 2.45) is 0 Å². The molecular formula is C15H24N2O. The van der Waals surface area contributed by atoms with E-state index in [0.717, 1.165) is 38.2 Å². The van der Waals surface area contributed by atoms with E-state index in [0.29, 0.717) is 5.92 Å². The molecular weight excluding hydrogens is 224 g/mol. The lowest BCUT2D eigenvalue weighted by Crippen LogP contribution is -2.44. The molecule has 1 aromatic heterocycles. The Balaban J connectivity index is 2.01. The molecule has 2 rings (SSSR count). The smallest absolute Gasteiger partial charge is 0.128 e. The van der Waals surface area contributed by atoms with Crippen molar-refractivity contribution in [3.05, 3.63) is 23.9 Å². The quantitative estimate of drug-likeness (QED) is 0.893. The topological polar surface area (TPSA) is 36.4 Å². The van der Waals surface area contributed by atoms with Crippen LogP contribution in [0.15, 0.2) is 18.3 Å². The van der Waals surface area contributed by atoms with Crippen molar-refractivity contribution in [2.45, 2.75) is 51.6 Å². The molecule has 0 saturated carbocycles. The summed E-state index contributed by atoms with van der Waals surface area (Å²) in [4.78, 5) is 6.81. The average molecular weight is 248 g/mol. The molecule has 0 aliphatic carbocycles. The fourth-order valence-electron chi connectivity index (χ4n) is 2.43. The minimum atomic E-state index is -0.450. The molecule has 1 aromatic rings. The molecule has 3 nitrogen and oxygen atoms in total. The molecule has 100 valence electrons. The summed E-state index contributed by atoms with van der Waals surface area (Å²) in [7, 11) is 0. The maximum absolute atomic E-state index is 10.2. The Morgan fingerprint density at radius 2 is 2.00 bits per heavy atom. The highest BCUT2D eigenvalue weighted by atomic mass is 16.3. The van der Waals surface area contributed by atoms with Gasteiger partial charge in [-0.1, -0.05) is 26.8 Å². The normalized spacial score (nSPS) is 19.3. The zero-order chi connectivity index (χ0) is 13.2. The molecule has 0 bridgehead atoms. The summed E-state index contributed by atoms with van der Waals surface area (Å²) in [5.74, 6) is 1.57. The first-order valence-electron chi connectivity index (χ1n) is 6.97. The van der Waals surface area contributed by atoms with Crippen LogP contribution in [-0.4, -0.2) is 28.8 Å². The van der Waals surface area contributed by atoms with Crippen molar-refractivity contribution < 1.29 is 5.11 Å². The Morgan fingerprint density at radius 3 is 2.44 bits per heavy atom. The third kappa shape index (κ3) is 2.83. The number of aromatic nitrogens is 1. The number of hydrogen-bond acceptors (Lipinski definition) is 3. The second-order valence-corrected chi connectivity index (χ2v) is 5.67. The van der Waals surface area contributed by atoms with Crippen LogP contribution < -0.4 is 4.90 Å². The van der Waals surface area contributed by atoms with Crippen LogP contribution in [0.25, 0.3) is 0 Å². The number of rotatable bonds is 3. The maximum atomic E-state index is 10.2. The molecule has 1 aliphatic rings. The minimum absolute atomic E-state index is 0.450. The minimum Gasteiger partial charge on any atom is -0.390 e. The van der Waals surface area contributed by atoms with Crippen LogP contribution >= 0.6 is 0 Å². The van der Waals surface area contributed by atoms with Crippen LogP contribution in [-0.2, 0) is 0 Å². The van der Waals surface area contributed by atoms with Crippen LogP contribution in [0.3, 0.4) is 0 Å². The number of piperidine rings is 1. The van der Waals surface area contributed by atoms with Gasteiger partial charge in [-0.2, -0.15) is 0 Å². The van der Waals surface area contributed by atoms with E-state index in [1.165, 1.54) is 5.56 Å². The Morgan fingerprint density at radius 1 is 1.33 bits per heavy atom. The van der Waals surface area contributed by atoms with Gasteiger partial charge in [0.05, 0.1) is 5.60 Å². The Bertz CT molecular complexity index is 378. The molecule has 0 spiro atoms. The number of hydrogen-bond donors (Lipinski definition) is 1. The van der Waals surface area contributed by atoms with Gasteiger partial charge in [0.15, 0.2) is 0 Å². The van der Waals surface area contributed by atoms with Gasteiger partial charge < -0.3 is 10.0 Å². The molecule has 1 aliphatic heterocycles. The van der Waals surface area contributed by atoms with Gasteiger partial charge in [0.1, 0.15) is 5.82 Å². The van der Waals surface area contributed by atoms with Gasteiger partial charge in [-0.3, -0.25) is 0 Å². The lowest BCUT2D eigenvalue weighted by Gasteiger charge is -2.38. The van der Waals surface area contributed by atoms with Crippen molar-refractivity contribution in [3.63, 3.8) is 0 Å². The number of aliphatic hydroxyl groups is 1. The van der Waals surface area contributed by atoms with Gasteiger partial charge in [0, 0.05) is 19.3 Å². The predicted molar refractivity (Wildman–Crippen MR) is 75.0 cm³/mol. The van der Waals surface area contributed by atoms with E-state index in [9.17, 15) is 5.11 Å². The summed E-state index contributed by atoms with van der Waals surface area (Å²) in [6, 6.07) is 4.26. The van der Waals surface area contributed by atoms with Crippen LogP contribution in [0.4, 0.5) is 5.82 Å². The summed E-state index contributed by atoms with van der Waals surface area (Å²) < 4.78 is 0.